The molecule has 1 heterocycles. The molecule has 0 unspecified atom stereocenters. The molecule has 6 heteroatoms. The van der Waals surface area contributed by atoms with E-state index in [1.165, 1.54) is 6.20 Å². The molecular formula is C13H12ClN3O2. The van der Waals surface area contributed by atoms with Crippen LogP contribution >= 0.6 is 11.6 Å². The molecule has 1 aromatic heterocycles. The van der Waals surface area contributed by atoms with Gasteiger partial charge in [0.05, 0.1) is 6.61 Å². The maximum Gasteiger partial charge on any atom is 0.323 e. The number of halogens is 1. The summed E-state index contributed by atoms with van der Waals surface area (Å²) in [6, 6.07) is 9.77. The summed E-state index contributed by atoms with van der Waals surface area (Å²) in [7, 11) is 0. The van der Waals surface area contributed by atoms with Crippen LogP contribution in [0, 0.1) is 0 Å². The molecule has 2 amide bonds. The van der Waals surface area contributed by atoms with Crippen LogP contribution in [0.2, 0.25) is 5.15 Å². The first-order valence-electron chi connectivity index (χ1n) is 5.57. The molecule has 3 N–H and O–H groups in total. The van der Waals surface area contributed by atoms with Crippen molar-refractivity contribution in [3.05, 3.63) is 53.3 Å². The molecule has 0 spiro atoms. The molecule has 0 saturated heterocycles. The third-order valence-corrected chi connectivity index (χ3v) is 2.63. The molecule has 0 bridgehead atoms. The highest BCUT2D eigenvalue weighted by Gasteiger charge is 2.06. The Hall–Kier alpha value is -2.11. The lowest BCUT2D eigenvalue weighted by molar-refractivity contribution is 0.262. The van der Waals surface area contributed by atoms with Crippen molar-refractivity contribution in [1.82, 2.24) is 4.98 Å². The number of carbonyl (C=O) groups is 1. The van der Waals surface area contributed by atoms with Gasteiger partial charge in [0, 0.05) is 23.1 Å². The Labute approximate surface area is 115 Å². The van der Waals surface area contributed by atoms with Crippen LogP contribution in [0.1, 0.15) is 5.56 Å². The molecule has 98 valence electrons. The van der Waals surface area contributed by atoms with Gasteiger partial charge in [-0.15, -0.1) is 0 Å². The monoisotopic (exact) mass is 277 g/mol. The molecule has 0 aliphatic rings. The molecule has 5 nitrogen and oxygen atoms in total. The average molecular weight is 278 g/mol. The Morgan fingerprint density at radius 2 is 2.05 bits per heavy atom. The zero-order chi connectivity index (χ0) is 13.7. The molecule has 19 heavy (non-hydrogen) atoms. The molecule has 0 aliphatic carbocycles. The number of benzene rings is 1. The van der Waals surface area contributed by atoms with Crippen molar-refractivity contribution in [2.24, 2.45) is 0 Å². The number of pyridine rings is 1. The van der Waals surface area contributed by atoms with Crippen molar-refractivity contribution >= 4 is 29.0 Å². The van der Waals surface area contributed by atoms with Gasteiger partial charge in [-0.1, -0.05) is 29.8 Å². The summed E-state index contributed by atoms with van der Waals surface area (Å²) in [5, 5.41) is 14.7. The third kappa shape index (κ3) is 3.67. The largest absolute Gasteiger partial charge is 0.392 e. The highest BCUT2D eigenvalue weighted by molar-refractivity contribution is 6.29. The first-order chi connectivity index (χ1) is 9.19. The van der Waals surface area contributed by atoms with Crippen LogP contribution in [-0.4, -0.2) is 16.1 Å². The van der Waals surface area contributed by atoms with Gasteiger partial charge in [0.1, 0.15) is 5.15 Å². The van der Waals surface area contributed by atoms with E-state index in [2.05, 4.69) is 15.6 Å². The third-order valence-electron chi connectivity index (χ3n) is 2.42. The van der Waals surface area contributed by atoms with E-state index >= 15 is 0 Å². The van der Waals surface area contributed by atoms with Crippen LogP contribution in [0.5, 0.6) is 0 Å². The summed E-state index contributed by atoms with van der Waals surface area (Å²) >= 11 is 5.72. The van der Waals surface area contributed by atoms with E-state index in [1.807, 2.05) is 0 Å². The van der Waals surface area contributed by atoms with Gasteiger partial charge in [-0.25, -0.2) is 9.78 Å². The van der Waals surface area contributed by atoms with Crippen molar-refractivity contribution < 1.29 is 9.90 Å². The minimum Gasteiger partial charge on any atom is -0.392 e. The normalized spacial score (nSPS) is 10.0. The summed E-state index contributed by atoms with van der Waals surface area (Å²) < 4.78 is 0. The van der Waals surface area contributed by atoms with E-state index in [-0.39, 0.29) is 6.61 Å². The minimum absolute atomic E-state index is 0.141. The summed E-state index contributed by atoms with van der Waals surface area (Å²) in [6.45, 7) is -0.141. The maximum atomic E-state index is 11.8. The number of aliphatic hydroxyl groups is 1. The second-order valence-corrected chi connectivity index (χ2v) is 4.15. The molecule has 2 aromatic rings. The fraction of sp³-hybridized carbons (Fsp3) is 0.0769. The average Bonchev–Trinajstić information content (AvgIpc) is 2.39. The van der Waals surface area contributed by atoms with E-state index < -0.39 is 6.03 Å². The van der Waals surface area contributed by atoms with Gasteiger partial charge in [-0.2, -0.15) is 0 Å². The van der Waals surface area contributed by atoms with Crippen LogP contribution < -0.4 is 10.6 Å². The van der Waals surface area contributed by atoms with E-state index in [4.69, 9.17) is 16.7 Å². The fourth-order valence-electron chi connectivity index (χ4n) is 1.55. The Kier molecular flexibility index (Phi) is 4.33. The number of carbonyl (C=O) groups excluding carboxylic acids is 1. The van der Waals surface area contributed by atoms with Crippen LogP contribution in [0.15, 0.2) is 42.6 Å². The number of amides is 2. The van der Waals surface area contributed by atoms with Gasteiger partial charge < -0.3 is 15.7 Å². The number of hydrogen-bond acceptors (Lipinski definition) is 3. The molecule has 0 aliphatic heterocycles. The van der Waals surface area contributed by atoms with E-state index in [1.54, 1.807) is 36.4 Å². The van der Waals surface area contributed by atoms with Crippen LogP contribution in [0.4, 0.5) is 16.2 Å². The van der Waals surface area contributed by atoms with Crippen molar-refractivity contribution in [1.29, 1.82) is 0 Å². The standard InChI is InChI=1S/C13H12ClN3O2/c14-12-7-10(5-6-15-12)16-13(19)17-11-4-2-1-3-9(11)8-18/h1-7,18H,8H2,(H2,15,16,17,19). The summed E-state index contributed by atoms with van der Waals surface area (Å²) in [5.41, 5.74) is 1.74. The van der Waals surface area contributed by atoms with E-state index in [9.17, 15) is 4.79 Å². The Morgan fingerprint density at radius 3 is 2.79 bits per heavy atom. The number of nitrogens with zero attached hydrogens (tertiary/aromatic N) is 1. The smallest absolute Gasteiger partial charge is 0.323 e. The van der Waals surface area contributed by atoms with Crippen molar-refractivity contribution in [3.63, 3.8) is 0 Å². The van der Waals surface area contributed by atoms with E-state index in [0.717, 1.165) is 0 Å². The number of nitrogens with one attached hydrogen (secondary N) is 2. The number of hydrogen-bond donors (Lipinski definition) is 3. The van der Waals surface area contributed by atoms with Gasteiger partial charge in [-0.05, 0) is 18.2 Å². The number of aliphatic hydroxyl groups excluding tert-OH is 1. The summed E-state index contributed by atoms with van der Waals surface area (Å²) in [5.74, 6) is 0. The molecule has 0 saturated carbocycles. The number of anilines is 2. The molecule has 0 atom stereocenters. The van der Waals surface area contributed by atoms with E-state index in [0.29, 0.717) is 22.1 Å². The van der Waals surface area contributed by atoms with Crippen molar-refractivity contribution in [2.75, 3.05) is 10.6 Å². The van der Waals surface area contributed by atoms with Gasteiger partial charge in [0.25, 0.3) is 0 Å². The zero-order valence-corrected chi connectivity index (χ0v) is 10.7. The Bertz CT molecular complexity index is 590. The molecule has 1 aromatic carbocycles. The fourth-order valence-corrected chi connectivity index (χ4v) is 1.72. The van der Waals surface area contributed by atoms with Crippen LogP contribution in [0.3, 0.4) is 0 Å². The first-order valence-corrected chi connectivity index (χ1v) is 5.95. The predicted molar refractivity (Wildman–Crippen MR) is 74.3 cm³/mol. The van der Waals surface area contributed by atoms with Gasteiger partial charge in [0.15, 0.2) is 0 Å². The molecule has 2 rings (SSSR count). The predicted octanol–water partition coefficient (Wildman–Crippen LogP) is 2.87. The van der Waals surface area contributed by atoms with Gasteiger partial charge in [-0.3, -0.25) is 0 Å². The molecule has 0 radical (unpaired) electrons. The zero-order valence-electron chi connectivity index (χ0n) is 9.93. The lowest BCUT2D eigenvalue weighted by Crippen LogP contribution is -2.20. The number of rotatable bonds is 3. The SMILES string of the molecule is O=C(Nc1ccnc(Cl)c1)Nc1ccccc1CO. The first kappa shape index (κ1) is 13.3. The lowest BCUT2D eigenvalue weighted by Gasteiger charge is -2.10. The summed E-state index contributed by atoms with van der Waals surface area (Å²) in [6.07, 6.45) is 1.50. The quantitative estimate of drug-likeness (QED) is 0.755. The molecule has 0 fully saturated rings. The van der Waals surface area contributed by atoms with Gasteiger partial charge in [0.2, 0.25) is 0 Å². The van der Waals surface area contributed by atoms with Gasteiger partial charge >= 0.3 is 6.03 Å². The maximum absolute atomic E-state index is 11.8. The minimum atomic E-state index is -0.414. The highest BCUT2D eigenvalue weighted by atomic mass is 35.5. The number of aromatic nitrogens is 1. The second-order valence-electron chi connectivity index (χ2n) is 3.76. The highest BCUT2D eigenvalue weighted by Crippen LogP contribution is 2.16. The summed E-state index contributed by atoms with van der Waals surface area (Å²) in [4.78, 5) is 15.6. The topological polar surface area (TPSA) is 74.2 Å². The Balaban J connectivity index is 2.05. The number of para-hydroxylation sites is 1. The van der Waals surface area contributed by atoms with Crippen LogP contribution in [-0.2, 0) is 6.61 Å². The van der Waals surface area contributed by atoms with Crippen molar-refractivity contribution in [2.45, 2.75) is 6.61 Å². The van der Waals surface area contributed by atoms with Crippen molar-refractivity contribution in [3.8, 4) is 0 Å². The Morgan fingerprint density at radius 1 is 1.26 bits per heavy atom. The second kappa shape index (κ2) is 6.17. The lowest BCUT2D eigenvalue weighted by atomic mass is 10.2. The number of urea groups is 1. The molecular weight excluding hydrogens is 266 g/mol. The van der Waals surface area contributed by atoms with Crippen LogP contribution in [0.25, 0.3) is 0 Å².